The molecule has 2 aliphatic rings. The molecule has 4 heteroatoms. The Balaban J connectivity index is 1.93. The van der Waals surface area contributed by atoms with Crippen molar-refractivity contribution in [2.24, 2.45) is 23.7 Å². The van der Waals surface area contributed by atoms with Gasteiger partial charge >= 0.3 is 5.97 Å². The first kappa shape index (κ1) is 14.5. The topological polar surface area (TPSA) is 37.3 Å². The smallest absolute Gasteiger partial charge is 0.312 e. The van der Waals surface area contributed by atoms with E-state index in [2.05, 4.69) is 6.58 Å². The Morgan fingerprint density at radius 3 is 2.00 bits per heavy atom. The summed E-state index contributed by atoms with van der Waals surface area (Å²) in [6.07, 6.45) is 3.36. The summed E-state index contributed by atoms with van der Waals surface area (Å²) < 4.78 is 27.7. The van der Waals surface area contributed by atoms with Crippen LogP contribution in [0, 0.1) is 23.7 Å². The van der Waals surface area contributed by atoms with Crippen molar-refractivity contribution in [2.75, 3.05) is 0 Å². The molecular weight excluding hydrogens is 250 g/mol. The van der Waals surface area contributed by atoms with Crippen LogP contribution in [0.3, 0.4) is 0 Å². The van der Waals surface area contributed by atoms with Crippen molar-refractivity contribution in [1.29, 1.82) is 0 Å². The first-order valence-corrected chi connectivity index (χ1v) is 7.16. The Kier molecular flexibility index (Phi) is 4.58. The number of alkyl halides is 2. The quantitative estimate of drug-likeness (QED) is 0.794. The first-order chi connectivity index (χ1) is 9.02. The molecule has 2 unspecified atom stereocenters. The molecule has 2 atom stereocenters. The van der Waals surface area contributed by atoms with Crippen molar-refractivity contribution >= 4 is 5.97 Å². The van der Waals surface area contributed by atoms with E-state index < -0.39 is 24.2 Å². The van der Waals surface area contributed by atoms with Gasteiger partial charge in [-0.2, -0.15) is 0 Å². The number of hydrogen-bond acceptors (Lipinski definition) is 1. The molecule has 0 amide bonds. The summed E-state index contributed by atoms with van der Waals surface area (Å²) in [5.74, 6) is -1.91. The highest BCUT2D eigenvalue weighted by molar-refractivity contribution is 5.71. The Bertz CT molecular complexity index is 325. The lowest BCUT2D eigenvalue weighted by Crippen LogP contribution is -2.42. The molecule has 0 spiro atoms. The third-order valence-electron chi connectivity index (χ3n) is 4.94. The van der Waals surface area contributed by atoms with Crippen LogP contribution in [0.1, 0.15) is 38.5 Å². The van der Waals surface area contributed by atoms with E-state index in [9.17, 15) is 13.6 Å². The second kappa shape index (κ2) is 6.02. The maximum atomic E-state index is 13.9. The van der Waals surface area contributed by atoms with Gasteiger partial charge in [-0.05, 0) is 56.3 Å². The van der Waals surface area contributed by atoms with Gasteiger partial charge in [-0.15, -0.1) is 6.58 Å². The largest absolute Gasteiger partial charge is 0.481 e. The van der Waals surface area contributed by atoms with E-state index in [-0.39, 0.29) is 18.8 Å². The van der Waals surface area contributed by atoms with Gasteiger partial charge in [0, 0.05) is 0 Å². The minimum Gasteiger partial charge on any atom is -0.481 e. The van der Waals surface area contributed by atoms with Crippen LogP contribution in [-0.2, 0) is 4.79 Å². The number of carboxylic acids is 1. The van der Waals surface area contributed by atoms with E-state index in [1.807, 2.05) is 6.08 Å². The summed E-state index contributed by atoms with van der Waals surface area (Å²) in [4.78, 5) is 10.8. The summed E-state index contributed by atoms with van der Waals surface area (Å²) in [7, 11) is 0. The number of hydrogen-bond donors (Lipinski definition) is 1. The van der Waals surface area contributed by atoms with E-state index >= 15 is 0 Å². The lowest BCUT2D eigenvalue weighted by Gasteiger charge is -2.39. The van der Waals surface area contributed by atoms with Gasteiger partial charge < -0.3 is 5.11 Å². The summed E-state index contributed by atoms with van der Waals surface area (Å²) in [6, 6.07) is 0. The second-order valence-corrected chi connectivity index (χ2v) is 6.04. The van der Waals surface area contributed by atoms with Gasteiger partial charge in [0.05, 0.1) is 0 Å². The van der Waals surface area contributed by atoms with Crippen LogP contribution >= 0.6 is 0 Å². The first-order valence-electron chi connectivity index (χ1n) is 7.16. The molecule has 0 aromatic rings. The molecule has 2 aliphatic carbocycles. The molecule has 2 fully saturated rings. The lowest BCUT2D eigenvalue weighted by molar-refractivity contribution is -0.150. The fourth-order valence-electron chi connectivity index (χ4n) is 3.74. The molecule has 2 rings (SSSR count). The summed E-state index contributed by atoms with van der Waals surface area (Å²) in [5, 5.41) is 8.85. The molecule has 0 heterocycles. The van der Waals surface area contributed by atoms with Gasteiger partial charge in [0.15, 0.2) is 0 Å². The molecule has 0 aromatic heterocycles. The van der Waals surface area contributed by atoms with Crippen molar-refractivity contribution in [1.82, 2.24) is 0 Å². The van der Waals surface area contributed by atoms with Crippen molar-refractivity contribution < 1.29 is 18.7 Å². The maximum Gasteiger partial charge on any atom is 0.312 e. The van der Waals surface area contributed by atoms with E-state index in [4.69, 9.17) is 5.11 Å². The Morgan fingerprint density at radius 2 is 1.58 bits per heavy atom. The Morgan fingerprint density at radius 1 is 1.05 bits per heavy atom. The second-order valence-electron chi connectivity index (χ2n) is 6.04. The number of halogens is 2. The normalized spacial score (nSPS) is 43.7. The molecule has 0 saturated heterocycles. The number of rotatable bonds is 3. The van der Waals surface area contributed by atoms with Gasteiger partial charge in [-0.25, -0.2) is 8.78 Å². The number of allylic oxidation sites excluding steroid dienone is 1. The number of carbonyl (C=O) groups is 1. The van der Waals surface area contributed by atoms with Crippen molar-refractivity contribution in [3.8, 4) is 0 Å². The van der Waals surface area contributed by atoms with E-state index in [0.29, 0.717) is 11.8 Å². The van der Waals surface area contributed by atoms with Gasteiger partial charge in [-0.3, -0.25) is 4.79 Å². The summed E-state index contributed by atoms with van der Waals surface area (Å²) in [5.41, 5.74) is 0. The molecule has 0 radical (unpaired) electrons. The zero-order valence-electron chi connectivity index (χ0n) is 11.1. The predicted octanol–water partition coefficient (Wildman–Crippen LogP) is 3.77. The summed E-state index contributed by atoms with van der Waals surface area (Å²) >= 11 is 0. The molecule has 2 saturated carbocycles. The zero-order chi connectivity index (χ0) is 14.0. The zero-order valence-corrected chi connectivity index (χ0v) is 11.1. The van der Waals surface area contributed by atoms with Gasteiger partial charge in [0.25, 0.3) is 0 Å². The van der Waals surface area contributed by atoms with E-state index in [1.165, 1.54) is 0 Å². The predicted molar refractivity (Wildman–Crippen MR) is 69.3 cm³/mol. The molecule has 0 bridgehead atoms. The van der Waals surface area contributed by atoms with Crippen LogP contribution in [0.4, 0.5) is 8.78 Å². The molecule has 1 N–H and O–H groups in total. The highest BCUT2D eigenvalue weighted by Crippen LogP contribution is 2.43. The fraction of sp³-hybridized carbons (Fsp3) is 0.800. The lowest BCUT2D eigenvalue weighted by atomic mass is 9.68. The van der Waals surface area contributed by atoms with Crippen LogP contribution in [0.2, 0.25) is 0 Å². The van der Waals surface area contributed by atoms with Crippen LogP contribution in [0.15, 0.2) is 12.7 Å². The Hall–Kier alpha value is -0.930. The average molecular weight is 272 g/mol. The fourth-order valence-corrected chi connectivity index (χ4v) is 3.74. The van der Waals surface area contributed by atoms with Crippen LogP contribution in [-0.4, -0.2) is 23.4 Å². The monoisotopic (exact) mass is 272 g/mol. The van der Waals surface area contributed by atoms with Crippen molar-refractivity contribution in [3.05, 3.63) is 12.7 Å². The molecule has 0 aliphatic heterocycles. The summed E-state index contributed by atoms with van der Waals surface area (Å²) in [6.45, 7) is 3.79. The molecular formula is C15H22F2O2. The maximum absolute atomic E-state index is 13.9. The third kappa shape index (κ3) is 3.15. The van der Waals surface area contributed by atoms with E-state index in [0.717, 1.165) is 25.7 Å². The van der Waals surface area contributed by atoms with Crippen LogP contribution < -0.4 is 0 Å². The number of aliphatic carboxylic acids is 1. The van der Waals surface area contributed by atoms with Crippen LogP contribution in [0.25, 0.3) is 0 Å². The van der Waals surface area contributed by atoms with Crippen molar-refractivity contribution in [2.45, 2.75) is 50.9 Å². The number of carboxylic acid groups (broad SMARTS) is 1. The van der Waals surface area contributed by atoms with Gasteiger partial charge in [-0.1, -0.05) is 6.08 Å². The Labute approximate surface area is 112 Å². The van der Waals surface area contributed by atoms with Gasteiger partial charge in [0.2, 0.25) is 0 Å². The van der Waals surface area contributed by atoms with Gasteiger partial charge in [0.1, 0.15) is 18.3 Å². The molecule has 2 nitrogen and oxygen atoms in total. The standard InChI is InChI=1S/C15H22F2O2/c1-2-9-3-5-10(6-4-9)11-7-12(16)14(15(18)19)13(17)8-11/h2,9-14H,1,3-8H2,(H,18,19). The van der Waals surface area contributed by atoms with Crippen molar-refractivity contribution in [3.63, 3.8) is 0 Å². The minimum atomic E-state index is -1.54. The van der Waals surface area contributed by atoms with E-state index in [1.54, 1.807) is 0 Å². The molecule has 19 heavy (non-hydrogen) atoms. The average Bonchev–Trinajstić information content (AvgIpc) is 2.37. The highest BCUT2D eigenvalue weighted by Gasteiger charge is 2.45. The minimum absolute atomic E-state index is 0.00589. The molecule has 0 aromatic carbocycles. The highest BCUT2D eigenvalue weighted by atomic mass is 19.1. The third-order valence-corrected chi connectivity index (χ3v) is 4.94. The molecule has 108 valence electrons. The SMILES string of the molecule is C=CC1CCC(C2CC(F)C(C(=O)O)C(F)C2)CC1. The van der Waals surface area contributed by atoms with Crippen LogP contribution in [0.5, 0.6) is 0 Å².